The number of amides is 1. The van der Waals surface area contributed by atoms with Crippen LogP contribution in [0, 0.1) is 23.2 Å². The number of carbonyl (C=O) groups is 2. The van der Waals surface area contributed by atoms with Crippen molar-refractivity contribution in [1.82, 2.24) is 10.2 Å². The summed E-state index contributed by atoms with van der Waals surface area (Å²) in [6.07, 6.45) is 7.61. The van der Waals surface area contributed by atoms with E-state index in [1.807, 2.05) is 4.90 Å². The topological polar surface area (TPSA) is 58.6 Å². The van der Waals surface area contributed by atoms with Crippen LogP contribution in [0.3, 0.4) is 0 Å². The van der Waals surface area contributed by atoms with Crippen LogP contribution in [0.1, 0.15) is 65.7 Å². The molecule has 28 heavy (non-hydrogen) atoms. The van der Waals surface area contributed by atoms with Gasteiger partial charge in [-0.2, -0.15) is 0 Å². The molecular weight excluding hydrogens is 352 g/mol. The number of ether oxygens (including phenoxy) is 1. The van der Waals surface area contributed by atoms with Gasteiger partial charge in [0.15, 0.2) is 0 Å². The van der Waals surface area contributed by atoms with Crippen molar-refractivity contribution in [2.24, 2.45) is 23.2 Å². The smallest absolute Gasteiger partial charge is 0.323 e. The largest absolute Gasteiger partial charge is 0.468 e. The molecule has 5 unspecified atom stereocenters. The Morgan fingerprint density at radius 2 is 2.04 bits per heavy atom. The molecule has 2 saturated carbocycles. The van der Waals surface area contributed by atoms with Crippen LogP contribution in [-0.4, -0.2) is 49.1 Å². The fourth-order valence-corrected chi connectivity index (χ4v) is 6.19. The number of methoxy groups -OCH3 is 1. The fourth-order valence-electron chi connectivity index (χ4n) is 6.19. The first-order valence-corrected chi connectivity index (χ1v) is 11.1. The van der Waals surface area contributed by atoms with Crippen molar-refractivity contribution in [3.05, 3.63) is 12.2 Å². The van der Waals surface area contributed by atoms with Crippen LogP contribution in [0.5, 0.6) is 0 Å². The highest BCUT2D eigenvalue weighted by molar-refractivity contribution is 5.81. The molecule has 0 aromatic heterocycles. The molecule has 0 spiro atoms. The molecule has 1 N–H and O–H groups in total. The van der Waals surface area contributed by atoms with Gasteiger partial charge in [0.25, 0.3) is 0 Å². The number of likely N-dealkylation sites (tertiary alicyclic amines) is 1. The van der Waals surface area contributed by atoms with E-state index >= 15 is 0 Å². The Labute approximate surface area is 170 Å². The molecule has 5 heteroatoms. The van der Waals surface area contributed by atoms with Crippen molar-refractivity contribution in [3.8, 4) is 0 Å². The van der Waals surface area contributed by atoms with Gasteiger partial charge in [0.2, 0.25) is 5.91 Å². The lowest BCUT2D eigenvalue weighted by Gasteiger charge is -2.54. The number of nitrogens with zero attached hydrogens (tertiary/aromatic N) is 1. The Morgan fingerprint density at radius 1 is 1.29 bits per heavy atom. The van der Waals surface area contributed by atoms with Crippen molar-refractivity contribution in [2.45, 2.75) is 77.8 Å². The summed E-state index contributed by atoms with van der Waals surface area (Å²) in [6.45, 7) is 12.4. The standard InChI is InChI=1S/C23H38N2O3/c1-15(2)17-10-12-23(4)11-6-8-16(3)20(23)21(17)24-19(26)14-25-13-7-9-18(25)22(27)28-5/h15,17-18,20-21H,3,6-14H2,1-2,4-5H3,(H,24,26). The zero-order chi connectivity index (χ0) is 20.5. The predicted octanol–water partition coefficient (Wildman–Crippen LogP) is 3.54. The highest BCUT2D eigenvalue weighted by Gasteiger charge is 2.50. The zero-order valence-electron chi connectivity index (χ0n) is 18.1. The number of hydrogen-bond acceptors (Lipinski definition) is 4. The van der Waals surface area contributed by atoms with Crippen LogP contribution < -0.4 is 5.32 Å². The Balaban J connectivity index is 1.74. The monoisotopic (exact) mass is 390 g/mol. The molecule has 3 fully saturated rings. The lowest BCUT2D eigenvalue weighted by atomic mass is 9.53. The number of carbonyl (C=O) groups excluding carboxylic acids is 2. The SMILES string of the molecule is C=C1CCCC2(C)CCC(C(C)C)C(NC(=O)CN3CCCC3C(=O)OC)C12. The molecule has 0 aromatic rings. The van der Waals surface area contributed by atoms with E-state index < -0.39 is 0 Å². The zero-order valence-corrected chi connectivity index (χ0v) is 18.1. The van der Waals surface area contributed by atoms with Gasteiger partial charge >= 0.3 is 5.97 Å². The fraction of sp³-hybridized carbons (Fsp3) is 0.826. The Morgan fingerprint density at radius 3 is 2.71 bits per heavy atom. The predicted molar refractivity (Wildman–Crippen MR) is 111 cm³/mol. The quantitative estimate of drug-likeness (QED) is 0.576. The summed E-state index contributed by atoms with van der Waals surface area (Å²) in [4.78, 5) is 27.0. The summed E-state index contributed by atoms with van der Waals surface area (Å²) in [5, 5.41) is 3.42. The lowest BCUT2D eigenvalue weighted by Crippen LogP contribution is -2.58. The number of rotatable bonds is 5. The molecule has 1 amide bonds. The van der Waals surface area contributed by atoms with Crippen LogP contribution in [-0.2, 0) is 14.3 Å². The van der Waals surface area contributed by atoms with Crippen molar-refractivity contribution < 1.29 is 14.3 Å². The summed E-state index contributed by atoms with van der Waals surface area (Å²) < 4.78 is 4.92. The first-order chi connectivity index (χ1) is 13.3. The summed E-state index contributed by atoms with van der Waals surface area (Å²) in [5.41, 5.74) is 1.57. The average Bonchev–Trinajstić information content (AvgIpc) is 3.08. The second-order valence-electron chi connectivity index (χ2n) is 9.84. The second kappa shape index (κ2) is 8.56. The number of fused-ring (bicyclic) bond motifs is 1. The summed E-state index contributed by atoms with van der Waals surface area (Å²) >= 11 is 0. The van der Waals surface area contributed by atoms with Crippen molar-refractivity contribution in [1.29, 1.82) is 0 Å². The Hall–Kier alpha value is -1.36. The molecule has 0 radical (unpaired) electrons. The van der Waals surface area contributed by atoms with E-state index in [0.717, 1.165) is 32.2 Å². The van der Waals surface area contributed by atoms with Crippen LogP contribution in [0.15, 0.2) is 12.2 Å². The molecule has 5 atom stereocenters. The van der Waals surface area contributed by atoms with E-state index in [1.54, 1.807) is 0 Å². The van der Waals surface area contributed by atoms with Gasteiger partial charge in [0.05, 0.1) is 13.7 Å². The molecular formula is C23H38N2O3. The van der Waals surface area contributed by atoms with Crippen LogP contribution in [0.25, 0.3) is 0 Å². The highest BCUT2D eigenvalue weighted by atomic mass is 16.5. The first-order valence-electron chi connectivity index (χ1n) is 11.1. The summed E-state index contributed by atoms with van der Waals surface area (Å²) in [7, 11) is 1.42. The molecule has 1 aliphatic heterocycles. The molecule has 0 bridgehead atoms. The van der Waals surface area contributed by atoms with E-state index in [2.05, 4.69) is 32.7 Å². The van der Waals surface area contributed by atoms with Crippen molar-refractivity contribution in [2.75, 3.05) is 20.2 Å². The maximum atomic E-state index is 13.0. The maximum absolute atomic E-state index is 13.0. The van der Waals surface area contributed by atoms with Crippen LogP contribution >= 0.6 is 0 Å². The molecule has 1 heterocycles. The third-order valence-electron chi connectivity index (χ3n) is 7.67. The maximum Gasteiger partial charge on any atom is 0.323 e. The third kappa shape index (κ3) is 4.14. The third-order valence-corrected chi connectivity index (χ3v) is 7.67. The van der Waals surface area contributed by atoms with Gasteiger partial charge in [-0.15, -0.1) is 0 Å². The van der Waals surface area contributed by atoms with Gasteiger partial charge in [-0.05, 0) is 68.7 Å². The number of hydrogen-bond donors (Lipinski definition) is 1. The lowest BCUT2D eigenvalue weighted by molar-refractivity contribution is -0.146. The minimum absolute atomic E-state index is 0.0362. The van der Waals surface area contributed by atoms with E-state index in [0.29, 0.717) is 17.8 Å². The number of esters is 1. The van der Waals surface area contributed by atoms with Gasteiger partial charge in [0.1, 0.15) is 6.04 Å². The van der Waals surface area contributed by atoms with E-state index in [4.69, 9.17) is 4.74 Å². The van der Waals surface area contributed by atoms with E-state index in [1.165, 1.54) is 31.9 Å². The molecule has 3 aliphatic rings. The minimum Gasteiger partial charge on any atom is -0.468 e. The molecule has 158 valence electrons. The first kappa shape index (κ1) is 21.4. The highest BCUT2D eigenvalue weighted by Crippen LogP contribution is 2.54. The van der Waals surface area contributed by atoms with E-state index in [9.17, 15) is 9.59 Å². The van der Waals surface area contributed by atoms with Crippen molar-refractivity contribution >= 4 is 11.9 Å². The molecule has 1 saturated heterocycles. The average molecular weight is 391 g/mol. The Bertz CT molecular complexity index is 617. The van der Waals surface area contributed by atoms with Gasteiger partial charge in [-0.25, -0.2) is 0 Å². The Kier molecular flexibility index (Phi) is 6.53. The van der Waals surface area contributed by atoms with Gasteiger partial charge in [-0.3, -0.25) is 14.5 Å². The molecule has 2 aliphatic carbocycles. The van der Waals surface area contributed by atoms with Crippen molar-refractivity contribution in [3.63, 3.8) is 0 Å². The molecule has 0 aromatic carbocycles. The van der Waals surface area contributed by atoms with Gasteiger partial charge < -0.3 is 10.1 Å². The second-order valence-corrected chi connectivity index (χ2v) is 9.84. The normalized spacial score (nSPS) is 36.2. The summed E-state index contributed by atoms with van der Waals surface area (Å²) in [5.74, 6) is 1.18. The van der Waals surface area contributed by atoms with Crippen LogP contribution in [0.4, 0.5) is 0 Å². The number of nitrogens with one attached hydrogen (secondary N) is 1. The van der Waals surface area contributed by atoms with Gasteiger partial charge in [0, 0.05) is 12.0 Å². The molecule has 5 nitrogen and oxygen atoms in total. The molecule has 3 rings (SSSR count). The van der Waals surface area contributed by atoms with E-state index in [-0.39, 0.29) is 35.9 Å². The van der Waals surface area contributed by atoms with Crippen LogP contribution in [0.2, 0.25) is 0 Å². The van der Waals surface area contributed by atoms with Gasteiger partial charge in [-0.1, -0.05) is 32.9 Å². The summed E-state index contributed by atoms with van der Waals surface area (Å²) in [6, 6.07) is -0.129. The minimum atomic E-state index is -0.280.